The average molecular weight is 405 g/mol. The monoisotopic (exact) mass is 403 g/mol. The number of nitrogens with one attached hydrogen (secondary N) is 1. The van der Waals surface area contributed by atoms with Crippen molar-refractivity contribution in [3.8, 4) is 6.07 Å². The Balaban J connectivity index is 2.09. The zero-order chi connectivity index (χ0) is 14.9. The van der Waals surface area contributed by atoms with Crippen molar-refractivity contribution in [2.75, 3.05) is 0 Å². The molecule has 0 unspecified atom stereocenters. The number of halogens is 2. The number of aromatic nitrogens is 2. The zero-order valence-corrected chi connectivity index (χ0v) is 14.1. The highest BCUT2D eigenvalue weighted by molar-refractivity contribution is 9.12. The van der Waals surface area contributed by atoms with Gasteiger partial charge in [0.25, 0.3) is 0 Å². The summed E-state index contributed by atoms with van der Waals surface area (Å²) in [4.78, 5) is 7.55. The van der Waals surface area contributed by atoms with Crippen LogP contribution in [0.1, 0.15) is 16.2 Å². The molecule has 0 saturated carbocycles. The van der Waals surface area contributed by atoms with E-state index in [9.17, 15) is 5.26 Å². The van der Waals surface area contributed by atoms with Gasteiger partial charge in [-0.3, -0.25) is 0 Å². The number of fused-ring (bicyclic) bond motifs is 1. The van der Waals surface area contributed by atoms with Gasteiger partial charge in [0, 0.05) is 0 Å². The number of hydrogen-bond acceptors (Lipinski definition) is 2. The first-order chi connectivity index (χ1) is 10.1. The van der Waals surface area contributed by atoms with Gasteiger partial charge in [-0.15, -0.1) is 0 Å². The van der Waals surface area contributed by atoms with Crippen LogP contribution in [-0.2, 0) is 4.32 Å². The van der Waals surface area contributed by atoms with Gasteiger partial charge in [0.15, 0.2) is 4.32 Å². The van der Waals surface area contributed by atoms with Crippen molar-refractivity contribution >= 4 is 42.9 Å². The number of benzene rings is 2. The first-order valence-electron chi connectivity index (χ1n) is 6.39. The minimum absolute atomic E-state index is 0.225. The molecule has 0 spiro atoms. The first kappa shape index (κ1) is 14.3. The molecule has 0 aliphatic rings. The van der Waals surface area contributed by atoms with Crippen LogP contribution >= 0.6 is 31.9 Å². The number of para-hydroxylation sites is 2. The smallest absolute Gasteiger partial charge is 0.185 e. The van der Waals surface area contributed by atoms with Crippen LogP contribution in [0.3, 0.4) is 0 Å². The molecular formula is C16H11Br2N3. The van der Waals surface area contributed by atoms with E-state index < -0.39 is 4.32 Å². The van der Waals surface area contributed by atoms with E-state index in [1.807, 2.05) is 54.6 Å². The van der Waals surface area contributed by atoms with Gasteiger partial charge >= 0.3 is 0 Å². The summed E-state index contributed by atoms with van der Waals surface area (Å²) in [6.45, 7) is 0. The van der Waals surface area contributed by atoms with E-state index in [0.29, 0.717) is 5.82 Å². The summed E-state index contributed by atoms with van der Waals surface area (Å²) < 4.78 is -0.965. The third-order valence-corrected chi connectivity index (χ3v) is 6.18. The lowest BCUT2D eigenvalue weighted by Crippen LogP contribution is -2.23. The molecule has 0 fully saturated rings. The van der Waals surface area contributed by atoms with E-state index in [1.165, 1.54) is 0 Å². The topological polar surface area (TPSA) is 52.5 Å². The Bertz CT molecular complexity index is 774. The summed E-state index contributed by atoms with van der Waals surface area (Å²) in [6, 6.07) is 19.9. The lowest BCUT2D eigenvalue weighted by atomic mass is 9.99. The van der Waals surface area contributed by atoms with Crippen LogP contribution in [0.2, 0.25) is 0 Å². The summed E-state index contributed by atoms with van der Waals surface area (Å²) >= 11 is 7.20. The van der Waals surface area contributed by atoms with Gasteiger partial charge < -0.3 is 4.98 Å². The summed E-state index contributed by atoms with van der Waals surface area (Å²) in [5.74, 6) is 0.594. The van der Waals surface area contributed by atoms with Crippen molar-refractivity contribution in [3.63, 3.8) is 0 Å². The highest BCUT2D eigenvalue weighted by atomic mass is 79.9. The van der Waals surface area contributed by atoms with E-state index in [0.717, 1.165) is 16.6 Å². The molecule has 0 amide bonds. The van der Waals surface area contributed by atoms with Crippen molar-refractivity contribution in [3.05, 3.63) is 66.0 Å². The third kappa shape index (κ3) is 2.50. The van der Waals surface area contributed by atoms with E-state index in [-0.39, 0.29) is 4.83 Å². The third-order valence-electron chi connectivity index (χ3n) is 3.34. The lowest BCUT2D eigenvalue weighted by molar-refractivity contribution is 0.738. The molecule has 2 atom stereocenters. The van der Waals surface area contributed by atoms with Crippen LogP contribution < -0.4 is 0 Å². The Morgan fingerprint density at radius 1 is 1.10 bits per heavy atom. The highest BCUT2D eigenvalue weighted by Crippen LogP contribution is 2.47. The van der Waals surface area contributed by atoms with Gasteiger partial charge in [-0.05, 0) is 17.7 Å². The molecule has 0 radical (unpaired) electrons. The molecule has 1 aromatic heterocycles. The molecular weight excluding hydrogens is 394 g/mol. The molecule has 2 aromatic carbocycles. The minimum atomic E-state index is -0.965. The highest BCUT2D eigenvalue weighted by Gasteiger charge is 2.41. The molecule has 104 valence electrons. The number of aromatic amines is 1. The van der Waals surface area contributed by atoms with Gasteiger partial charge in [0.05, 0.1) is 21.9 Å². The normalized spacial score (nSPS) is 15.3. The molecule has 1 N–H and O–H groups in total. The van der Waals surface area contributed by atoms with Gasteiger partial charge in [-0.2, -0.15) is 5.26 Å². The van der Waals surface area contributed by atoms with Crippen LogP contribution in [0.15, 0.2) is 54.6 Å². The molecule has 0 saturated heterocycles. The maximum atomic E-state index is 9.71. The van der Waals surface area contributed by atoms with Crippen molar-refractivity contribution in [1.82, 2.24) is 9.97 Å². The molecule has 3 aromatic rings. The molecule has 1 heterocycles. The number of H-pyrrole nitrogens is 1. The number of alkyl halides is 2. The summed E-state index contributed by atoms with van der Waals surface area (Å²) in [5.41, 5.74) is 2.77. The largest absolute Gasteiger partial charge is 0.340 e. The van der Waals surface area contributed by atoms with Gasteiger partial charge in [-0.1, -0.05) is 74.3 Å². The maximum absolute atomic E-state index is 9.71. The molecule has 0 aliphatic carbocycles. The fourth-order valence-electron chi connectivity index (χ4n) is 2.21. The SMILES string of the molecule is N#C[C@](Br)(c1nc2ccccc2[nH]1)[C@H](Br)c1ccccc1. The first-order valence-corrected chi connectivity index (χ1v) is 8.10. The average Bonchev–Trinajstić information content (AvgIpc) is 2.98. The summed E-state index contributed by atoms with van der Waals surface area (Å²) in [7, 11) is 0. The number of nitrogens with zero attached hydrogens (tertiary/aromatic N) is 2. The molecule has 21 heavy (non-hydrogen) atoms. The Hall–Kier alpha value is -1.64. The van der Waals surface area contributed by atoms with Crippen molar-refractivity contribution in [1.29, 1.82) is 5.26 Å². The molecule has 3 nitrogen and oxygen atoms in total. The second-order valence-electron chi connectivity index (χ2n) is 4.70. The predicted molar refractivity (Wildman–Crippen MR) is 90.4 cm³/mol. The Morgan fingerprint density at radius 3 is 2.43 bits per heavy atom. The van der Waals surface area contributed by atoms with Crippen molar-refractivity contribution in [2.45, 2.75) is 9.15 Å². The molecule has 5 heteroatoms. The van der Waals surface area contributed by atoms with E-state index in [2.05, 4.69) is 47.9 Å². The van der Waals surface area contributed by atoms with Crippen LogP contribution in [-0.4, -0.2) is 9.97 Å². The van der Waals surface area contributed by atoms with Gasteiger partial charge in [-0.25, -0.2) is 4.98 Å². The van der Waals surface area contributed by atoms with Crippen molar-refractivity contribution in [2.24, 2.45) is 0 Å². The zero-order valence-electron chi connectivity index (χ0n) is 10.9. The second kappa shape index (κ2) is 5.63. The van der Waals surface area contributed by atoms with E-state index in [1.54, 1.807) is 0 Å². The van der Waals surface area contributed by atoms with Crippen LogP contribution in [0.25, 0.3) is 11.0 Å². The number of imidazole rings is 1. The predicted octanol–water partition coefficient (Wildman–Crippen LogP) is 4.81. The van der Waals surface area contributed by atoms with Gasteiger partial charge in [0.2, 0.25) is 0 Å². The maximum Gasteiger partial charge on any atom is 0.185 e. The number of hydrogen-bond donors (Lipinski definition) is 1. The molecule has 0 bridgehead atoms. The fraction of sp³-hybridized carbons (Fsp3) is 0.125. The number of nitriles is 1. The van der Waals surface area contributed by atoms with Crippen LogP contribution in [0, 0.1) is 11.3 Å². The Labute approximate surface area is 139 Å². The lowest BCUT2D eigenvalue weighted by Gasteiger charge is -2.23. The second-order valence-corrected chi connectivity index (χ2v) is 6.87. The standard InChI is InChI=1S/C16H11Br2N3/c17-14(11-6-2-1-3-7-11)16(18,10-19)15-20-12-8-4-5-9-13(12)21-15/h1-9,14H,(H,20,21)/t14-,16-/m1/s1. The van der Waals surface area contributed by atoms with Crippen molar-refractivity contribution < 1.29 is 0 Å². The van der Waals surface area contributed by atoms with Crippen LogP contribution in [0.5, 0.6) is 0 Å². The minimum Gasteiger partial charge on any atom is -0.340 e. The van der Waals surface area contributed by atoms with Gasteiger partial charge in [0.1, 0.15) is 5.82 Å². The Kier molecular flexibility index (Phi) is 3.83. The number of rotatable bonds is 3. The summed E-state index contributed by atoms with van der Waals surface area (Å²) in [5, 5.41) is 9.71. The fourth-order valence-corrected chi connectivity index (χ4v) is 3.28. The quantitative estimate of drug-likeness (QED) is 0.636. The van der Waals surface area contributed by atoms with E-state index >= 15 is 0 Å². The summed E-state index contributed by atoms with van der Waals surface area (Å²) in [6.07, 6.45) is 0. The van der Waals surface area contributed by atoms with E-state index in [4.69, 9.17) is 0 Å². The molecule has 3 rings (SSSR count). The molecule has 0 aliphatic heterocycles. The van der Waals surface area contributed by atoms with Crippen LogP contribution in [0.4, 0.5) is 0 Å². The Morgan fingerprint density at radius 2 is 1.76 bits per heavy atom.